The molecule has 1 aromatic heterocycles. The van der Waals surface area contributed by atoms with Crippen LogP contribution < -0.4 is 5.73 Å². The van der Waals surface area contributed by atoms with E-state index in [1.807, 2.05) is 26.8 Å². The molecule has 0 spiro atoms. The Balaban J connectivity index is 2.43. The molecule has 3 nitrogen and oxygen atoms in total. The predicted octanol–water partition coefficient (Wildman–Crippen LogP) is 3.28. The van der Waals surface area contributed by atoms with Crippen LogP contribution in [0, 0.1) is 19.7 Å². The number of hydrogen-bond donors (Lipinski definition) is 1. The first-order valence-electron chi connectivity index (χ1n) is 6.16. The molecule has 2 aromatic rings. The number of halogens is 2. The summed E-state index contributed by atoms with van der Waals surface area (Å²) in [6.45, 7) is 5.69. The van der Waals surface area contributed by atoms with Gasteiger partial charge in [-0.15, -0.1) is 0 Å². The van der Waals surface area contributed by atoms with Crippen molar-refractivity contribution in [1.29, 1.82) is 0 Å². The third-order valence-electron chi connectivity index (χ3n) is 3.00. The number of benzene rings is 1. The van der Waals surface area contributed by atoms with Crippen LogP contribution in [0.25, 0.3) is 5.69 Å². The van der Waals surface area contributed by atoms with Gasteiger partial charge in [-0.05, 0) is 60.8 Å². The van der Waals surface area contributed by atoms with Crippen molar-refractivity contribution >= 4 is 15.9 Å². The second-order valence-corrected chi connectivity index (χ2v) is 5.66. The van der Waals surface area contributed by atoms with Crippen LogP contribution >= 0.6 is 15.9 Å². The number of nitrogens with two attached hydrogens (primary N) is 1. The van der Waals surface area contributed by atoms with E-state index in [9.17, 15) is 4.39 Å². The minimum atomic E-state index is -0.281. The van der Waals surface area contributed by atoms with Gasteiger partial charge in [-0.25, -0.2) is 9.07 Å². The van der Waals surface area contributed by atoms with Crippen molar-refractivity contribution in [3.05, 3.63) is 45.4 Å². The van der Waals surface area contributed by atoms with E-state index in [2.05, 4.69) is 21.0 Å². The zero-order valence-electron chi connectivity index (χ0n) is 11.2. The summed E-state index contributed by atoms with van der Waals surface area (Å²) in [6, 6.07) is 5.20. The van der Waals surface area contributed by atoms with E-state index in [4.69, 9.17) is 5.73 Å². The molecular formula is C14H17BrFN3. The van der Waals surface area contributed by atoms with Crippen LogP contribution in [0.5, 0.6) is 0 Å². The molecule has 0 aliphatic carbocycles. The molecule has 102 valence electrons. The summed E-state index contributed by atoms with van der Waals surface area (Å²) in [5.74, 6) is -0.281. The monoisotopic (exact) mass is 325 g/mol. The number of rotatable bonds is 3. The molecule has 0 saturated carbocycles. The summed E-state index contributed by atoms with van der Waals surface area (Å²) in [5.41, 5.74) is 8.81. The van der Waals surface area contributed by atoms with Crippen molar-refractivity contribution in [3.8, 4) is 5.69 Å². The van der Waals surface area contributed by atoms with Crippen LogP contribution in [0.2, 0.25) is 0 Å². The SMILES string of the molecule is Cc1nn(-c2ccc(CC(C)N)cc2F)c(C)c1Br. The molecule has 0 bridgehead atoms. The Morgan fingerprint density at radius 3 is 2.58 bits per heavy atom. The fourth-order valence-electron chi connectivity index (χ4n) is 2.08. The quantitative estimate of drug-likeness (QED) is 0.941. The number of nitrogens with zero attached hydrogens (tertiary/aromatic N) is 2. The van der Waals surface area contributed by atoms with Crippen molar-refractivity contribution in [2.45, 2.75) is 33.2 Å². The maximum Gasteiger partial charge on any atom is 0.149 e. The Morgan fingerprint density at radius 2 is 2.11 bits per heavy atom. The van der Waals surface area contributed by atoms with Gasteiger partial charge in [0.2, 0.25) is 0 Å². The predicted molar refractivity (Wildman–Crippen MR) is 78.0 cm³/mol. The Kier molecular flexibility index (Phi) is 4.06. The lowest BCUT2D eigenvalue weighted by Gasteiger charge is -2.09. The third kappa shape index (κ3) is 2.87. The Morgan fingerprint density at radius 1 is 1.42 bits per heavy atom. The molecule has 19 heavy (non-hydrogen) atoms. The van der Waals surface area contributed by atoms with Gasteiger partial charge in [-0.2, -0.15) is 5.10 Å². The molecular weight excluding hydrogens is 309 g/mol. The highest BCUT2D eigenvalue weighted by Crippen LogP contribution is 2.24. The first kappa shape index (κ1) is 14.2. The lowest BCUT2D eigenvalue weighted by atomic mass is 10.1. The van der Waals surface area contributed by atoms with Gasteiger partial charge in [0, 0.05) is 6.04 Å². The Labute approximate surface area is 120 Å². The van der Waals surface area contributed by atoms with Gasteiger partial charge in [0.1, 0.15) is 11.5 Å². The molecule has 0 amide bonds. The number of hydrogen-bond acceptors (Lipinski definition) is 2. The lowest BCUT2D eigenvalue weighted by molar-refractivity contribution is 0.603. The standard InChI is InChI=1S/C14H17BrFN3/c1-8(17)6-11-4-5-13(12(16)7-11)19-10(3)14(15)9(2)18-19/h4-5,7-8H,6,17H2,1-3H3. The van der Waals surface area contributed by atoms with Crippen molar-refractivity contribution < 1.29 is 4.39 Å². The molecule has 1 aromatic carbocycles. The second kappa shape index (κ2) is 5.43. The van der Waals surface area contributed by atoms with Crippen molar-refractivity contribution in [1.82, 2.24) is 9.78 Å². The van der Waals surface area contributed by atoms with Gasteiger partial charge < -0.3 is 5.73 Å². The minimum absolute atomic E-state index is 0.0214. The fourth-order valence-corrected chi connectivity index (χ4v) is 2.33. The van der Waals surface area contributed by atoms with Crippen molar-refractivity contribution in [2.75, 3.05) is 0 Å². The van der Waals surface area contributed by atoms with Gasteiger partial charge in [0.05, 0.1) is 15.9 Å². The van der Waals surface area contributed by atoms with E-state index >= 15 is 0 Å². The first-order valence-corrected chi connectivity index (χ1v) is 6.95. The van der Waals surface area contributed by atoms with Crippen LogP contribution in [0.4, 0.5) is 4.39 Å². The van der Waals surface area contributed by atoms with E-state index in [1.165, 1.54) is 6.07 Å². The molecule has 0 radical (unpaired) electrons. The topological polar surface area (TPSA) is 43.8 Å². The molecule has 1 unspecified atom stereocenters. The normalized spacial score (nSPS) is 12.7. The van der Waals surface area contributed by atoms with E-state index in [1.54, 1.807) is 10.7 Å². The molecule has 0 fully saturated rings. The first-order chi connectivity index (χ1) is 8.90. The molecule has 5 heteroatoms. The minimum Gasteiger partial charge on any atom is -0.328 e. The van der Waals surface area contributed by atoms with Crippen molar-refractivity contribution in [2.24, 2.45) is 5.73 Å². The summed E-state index contributed by atoms with van der Waals surface area (Å²) >= 11 is 3.45. The maximum atomic E-state index is 14.2. The molecule has 0 saturated heterocycles. The molecule has 1 atom stereocenters. The summed E-state index contributed by atoms with van der Waals surface area (Å²) in [5, 5.41) is 4.34. The molecule has 0 aliphatic rings. The zero-order chi connectivity index (χ0) is 14.2. The van der Waals surface area contributed by atoms with Crippen LogP contribution in [-0.4, -0.2) is 15.8 Å². The summed E-state index contributed by atoms with van der Waals surface area (Å²) in [6.07, 6.45) is 0.665. The van der Waals surface area contributed by atoms with Gasteiger partial charge in [0.15, 0.2) is 0 Å². The number of aryl methyl sites for hydroxylation is 1. The van der Waals surface area contributed by atoms with Crippen LogP contribution in [0.3, 0.4) is 0 Å². The van der Waals surface area contributed by atoms with Crippen LogP contribution in [-0.2, 0) is 6.42 Å². The average Bonchev–Trinajstić information content (AvgIpc) is 2.56. The second-order valence-electron chi connectivity index (χ2n) is 4.86. The van der Waals surface area contributed by atoms with Gasteiger partial charge in [-0.1, -0.05) is 6.07 Å². The van der Waals surface area contributed by atoms with Gasteiger partial charge in [0.25, 0.3) is 0 Å². The van der Waals surface area contributed by atoms with Gasteiger partial charge >= 0.3 is 0 Å². The third-order valence-corrected chi connectivity index (χ3v) is 4.15. The van der Waals surface area contributed by atoms with Gasteiger partial charge in [-0.3, -0.25) is 0 Å². The highest BCUT2D eigenvalue weighted by atomic mass is 79.9. The Hall–Kier alpha value is -1.20. The van der Waals surface area contributed by atoms with Crippen molar-refractivity contribution in [3.63, 3.8) is 0 Å². The molecule has 2 rings (SSSR count). The molecule has 2 N–H and O–H groups in total. The van der Waals surface area contributed by atoms with E-state index in [0.29, 0.717) is 12.1 Å². The number of aromatic nitrogens is 2. The van der Waals surface area contributed by atoms with E-state index < -0.39 is 0 Å². The smallest absolute Gasteiger partial charge is 0.149 e. The fraction of sp³-hybridized carbons (Fsp3) is 0.357. The zero-order valence-corrected chi connectivity index (χ0v) is 12.8. The van der Waals surface area contributed by atoms with E-state index in [0.717, 1.165) is 21.4 Å². The van der Waals surface area contributed by atoms with Crippen LogP contribution in [0.15, 0.2) is 22.7 Å². The molecule has 1 heterocycles. The average molecular weight is 326 g/mol. The lowest BCUT2D eigenvalue weighted by Crippen LogP contribution is -2.18. The Bertz CT molecular complexity index is 605. The van der Waals surface area contributed by atoms with E-state index in [-0.39, 0.29) is 11.9 Å². The summed E-state index contributed by atoms with van der Waals surface area (Å²) < 4.78 is 16.7. The largest absolute Gasteiger partial charge is 0.328 e. The van der Waals surface area contributed by atoms with Crippen LogP contribution in [0.1, 0.15) is 23.9 Å². The summed E-state index contributed by atoms with van der Waals surface area (Å²) in [4.78, 5) is 0. The summed E-state index contributed by atoms with van der Waals surface area (Å²) in [7, 11) is 0. The highest BCUT2D eigenvalue weighted by Gasteiger charge is 2.14. The maximum absolute atomic E-state index is 14.2. The highest BCUT2D eigenvalue weighted by molar-refractivity contribution is 9.10. The molecule has 0 aliphatic heterocycles.